The molecule has 0 aromatic heterocycles. The molecule has 3 rings (SSSR count). The van der Waals surface area contributed by atoms with Crippen LogP contribution in [0.25, 0.3) is 0 Å². The number of ether oxygens (including phenoxy) is 1. The summed E-state index contributed by atoms with van der Waals surface area (Å²) < 4.78 is 5.03. The Labute approximate surface area is 113 Å². The number of amides is 1. The van der Waals surface area contributed by atoms with Crippen molar-refractivity contribution in [3.63, 3.8) is 0 Å². The third-order valence-corrected chi connectivity index (χ3v) is 4.35. The van der Waals surface area contributed by atoms with Crippen LogP contribution in [-0.4, -0.2) is 23.8 Å². The number of carbonyl (C=O) groups excluding carboxylic acids is 2. The molecule has 2 aliphatic rings. The molecule has 1 fully saturated rings. The number of benzene rings is 1. The molecule has 4 nitrogen and oxygen atoms in total. The molecule has 2 aliphatic heterocycles. The minimum Gasteiger partial charge on any atom is -0.457 e. The van der Waals surface area contributed by atoms with Crippen molar-refractivity contribution in [1.29, 1.82) is 0 Å². The summed E-state index contributed by atoms with van der Waals surface area (Å²) in [6.07, 6.45) is 0.559. The van der Waals surface area contributed by atoms with Crippen molar-refractivity contribution in [2.45, 2.75) is 13.0 Å². The van der Waals surface area contributed by atoms with Crippen LogP contribution in [0.3, 0.4) is 0 Å². The van der Waals surface area contributed by atoms with Crippen LogP contribution in [0, 0.1) is 5.92 Å². The van der Waals surface area contributed by atoms with Crippen LogP contribution in [0.1, 0.15) is 22.3 Å². The highest BCUT2D eigenvalue weighted by atomic mass is 79.9. The maximum Gasteiger partial charge on any atom is 0.338 e. The molecule has 0 saturated carbocycles. The van der Waals surface area contributed by atoms with E-state index < -0.39 is 0 Å². The van der Waals surface area contributed by atoms with E-state index in [4.69, 9.17) is 4.74 Å². The summed E-state index contributed by atoms with van der Waals surface area (Å²) in [4.78, 5) is 25.3. The third kappa shape index (κ3) is 1.73. The molecule has 2 heterocycles. The van der Waals surface area contributed by atoms with E-state index in [0.717, 1.165) is 16.6 Å². The molecule has 0 spiro atoms. The molecule has 0 bridgehead atoms. The Hall–Kier alpha value is -1.36. The molecule has 1 amide bonds. The first-order valence-electron chi connectivity index (χ1n) is 5.86. The summed E-state index contributed by atoms with van der Waals surface area (Å²) in [7, 11) is 0. The average Bonchev–Trinajstić information content (AvgIpc) is 2.93. The first-order chi connectivity index (χ1) is 8.70. The maximum absolute atomic E-state index is 12.0. The fourth-order valence-corrected chi connectivity index (χ4v) is 2.94. The van der Waals surface area contributed by atoms with E-state index in [1.165, 1.54) is 0 Å². The predicted octanol–water partition coefficient (Wildman–Crippen LogP) is 2.10. The lowest BCUT2D eigenvalue weighted by Gasteiger charge is -2.18. The number of hydrogen-bond donors (Lipinski definition) is 0. The number of esters is 1. The van der Waals surface area contributed by atoms with Crippen molar-refractivity contribution in [1.82, 2.24) is 0 Å². The SMILES string of the molecule is O=C1OCc2c1cccc2N1CC(CBr)CC1=O. The minimum absolute atomic E-state index is 0.118. The van der Waals surface area contributed by atoms with Crippen molar-refractivity contribution < 1.29 is 14.3 Å². The zero-order valence-corrected chi connectivity index (χ0v) is 11.3. The van der Waals surface area contributed by atoms with Crippen LogP contribution in [-0.2, 0) is 16.1 Å². The van der Waals surface area contributed by atoms with E-state index in [0.29, 0.717) is 24.4 Å². The van der Waals surface area contributed by atoms with Gasteiger partial charge in [-0.2, -0.15) is 0 Å². The molecule has 1 aromatic rings. The number of anilines is 1. The van der Waals surface area contributed by atoms with Gasteiger partial charge in [-0.3, -0.25) is 4.79 Å². The zero-order valence-electron chi connectivity index (χ0n) is 9.69. The molecule has 0 aliphatic carbocycles. The summed E-state index contributed by atoms with van der Waals surface area (Å²) in [5.41, 5.74) is 2.25. The number of hydrogen-bond acceptors (Lipinski definition) is 3. The number of fused-ring (bicyclic) bond motifs is 1. The normalized spacial score (nSPS) is 22.3. The largest absolute Gasteiger partial charge is 0.457 e. The first-order valence-corrected chi connectivity index (χ1v) is 6.98. The second kappa shape index (κ2) is 4.39. The molecule has 94 valence electrons. The molecule has 1 saturated heterocycles. The highest BCUT2D eigenvalue weighted by Crippen LogP contribution is 2.33. The van der Waals surface area contributed by atoms with Gasteiger partial charge in [0.1, 0.15) is 6.61 Å². The summed E-state index contributed by atoms with van der Waals surface area (Å²) in [6, 6.07) is 5.43. The zero-order chi connectivity index (χ0) is 12.7. The lowest BCUT2D eigenvalue weighted by molar-refractivity contribution is -0.117. The van der Waals surface area contributed by atoms with Crippen molar-refractivity contribution in [2.75, 3.05) is 16.8 Å². The number of carbonyl (C=O) groups is 2. The Morgan fingerprint density at radius 1 is 1.39 bits per heavy atom. The van der Waals surface area contributed by atoms with Gasteiger partial charge in [0.15, 0.2) is 0 Å². The Morgan fingerprint density at radius 2 is 2.22 bits per heavy atom. The van der Waals surface area contributed by atoms with E-state index >= 15 is 0 Å². The molecule has 5 heteroatoms. The lowest BCUT2D eigenvalue weighted by atomic mass is 10.1. The van der Waals surface area contributed by atoms with Crippen molar-refractivity contribution in [2.24, 2.45) is 5.92 Å². The topological polar surface area (TPSA) is 46.6 Å². The Kier molecular flexibility index (Phi) is 2.86. The minimum atomic E-state index is -0.296. The van der Waals surface area contributed by atoms with Crippen molar-refractivity contribution in [3.05, 3.63) is 29.3 Å². The van der Waals surface area contributed by atoms with Crippen molar-refractivity contribution in [3.8, 4) is 0 Å². The van der Waals surface area contributed by atoms with E-state index in [9.17, 15) is 9.59 Å². The fourth-order valence-electron chi connectivity index (χ4n) is 2.50. The van der Waals surface area contributed by atoms with E-state index in [1.54, 1.807) is 17.0 Å². The Bertz CT molecular complexity index is 529. The van der Waals surface area contributed by atoms with Crippen LogP contribution in [0.15, 0.2) is 18.2 Å². The van der Waals surface area contributed by atoms with E-state index in [-0.39, 0.29) is 18.5 Å². The Morgan fingerprint density at radius 3 is 2.94 bits per heavy atom. The highest BCUT2D eigenvalue weighted by molar-refractivity contribution is 9.09. The van der Waals surface area contributed by atoms with Gasteiger partial charge in [-0.15, -0.1) is 0 Å². The summed E-state index contributed by atoms with van der Waals surface area (Å²) in [5, 5.41) is 0.819. The molecule has 1 unspecified atom stereocenters. The van der Waals surface area contributed by atoms with Crippen LogP contribution >= 0.6 is 15.9 Å². The Balaban J connectivity index is 1.99. The first kappa shape index (κ1) is 11.7. The van der Waals surface area contributed by atoms with Gasteiger partial charge in [-0.25, -0.2) is 4.79 Å². The monoisotopic (exact) mass is 309 g/mol. The van der Waals surface area contributed by atoms with Crippen LogP contribution in [0.4, 0.5) is 5.69 Å². The van der Waals surface area contributed by atoms with Gasteiger partial charge in [0.05, 0.1) is 11.3 Å². The standard InChI is InChI=1S/C13H12BrNO3/c14-5-8-4-12(16)15(6-8)11-3-1-2-9-10(11)7-18-13(9)17/h1-3,8H,4-7H2. The highest BCUT2D eigenvalue weighted by Gasteiger charge is 2.33. The maximum atomic E-state index is 12.0. The molecular formula is C13H12BrNO3. The van der Waals surface area contributed by atoms with E-state index in [1.807, 2.05) is 6.07 Å². The molecule has 18 heavy (non-hydrogen) atoms. The molecule has 0 radical (unpaired) electrons. The number of halogens is 1. The third-order valence-electron chi connectivity index (χ3n) is 3.43. The number of rotatable bonds is 2. The summed E-state index contributed by atoms with van der Waals surface area (Å²) in [5.74, 6) is 0.161. The molecular weight excluding hydrogens is 298 g/mol. The van der Waals surface area contributed by atoms with Gasteiger partial charge in [0, 0.05) is 23.9 Å². The van der Waals surface area contributed by atoms with Gasteiger partial charge >= 0.3 is 5.97 Å². The summed E-state index contributed by atoms with van der Waals surface area (Å²) in [6.45, 7) is 0.974. The van der Waals surface area contributed by atoms with Gasteiger partial charge in [-0.1, -0.05) is 22.0 Å². The van der Waals surface area contributed by atoms with Gasteiger partial charge in [-0.05, 0) is 18.1 Å². The average molecular weight is 310 g/mol. The van der Waals surface area contributed by atoms with E-state index in [2.05, 4.69) is 15.9 Å². The van der Waals surface area contributed by atoms with Gasteiger partial charge < -0.3 is 9.64 Å². The number of cyclic esters (lactones) is 1. The predicted molar refractivity (Wildman–Crippen MR) is 69.8 cm³/mol. The van der Waals surface area contributed by atoms with Crippen LogP contribution < -0.4 is 4.90 Å². The second-order valence-corrected chi connectivity index (χ2v) is 5.26. The summed E-state index contributed by atoms with van der Waals surface area (Å²) >= 11 is 3.42. The van der Waals surface area contributed by atoms with Crippen LogP contribution in [0.5, 0.6) is 0 Å². The smallest absolute Gasteiger partial charge is 0.338 e. The van der Waals surface area contributed by atoms with Gasteiger partial charge in [0.25, 0.3) is 0 Å². The number of nitrogens with zero attached hydrogens (tertiary/aromatic N) is 1. The number of alkyl halides is 1. The molecule has 1 aromatic carbocycles. The molecule has 0 N–H and O–H groups in total. The second-order valence-electron chi connectivity index (χ2n) is 4.61. The lowest BCUT2D eigenvalue weighted by Crippen LogP contribution is -2.25. The van der Waals surface area contributed by atoms with Crippen LogP contribution in [0.2, 0.25) is 0 Å². The van der Waals surface area contributed by atoms with Gasteiger partial charge in [0.2, 0.25) is 5.91 Å². The quantitative estimate of drug-likeness (QED) is 0.621. The fraction of sp³-hybridized carbons (Fsp3) is 0.385. The molecule has 1 atom stereocenters. The van der Waals surface area contributed by atoms with Crippen molar-refractivity contribution >= 4 is 33.5 Å².